The van der Waals surface area contributed by atoms with Gasteiger partial charge in [-0.2, -0.15) is 0 Å². The Morgan fingerprint density at radius 1 is 1.12 bits per heavy atom. The molecule has 0 saturated heterocycles. The number of aryl methyl sites for hydroxylation is 1. The molecule has 5 nitrogen and oxygen atoms in total. The van der Waals surface area contributed by atoms with Crippen LogP contribution >= 0.6 is 0 Å². The average Bonchev–Trinajstić information content (AvgIpc) is 3.06. The maximum atomic E-state index is 13.2. The monoisotopic (exact) mass is 338 g/mol. The van der Waals surface area contributed by atoms with Crippen molar-refractivity contribution in [3.8, 4) is 17.1 Å². The molecule has 25 heavy (non-hydrogen) atoms. The molecule has 0 spiro atoms. The molecule has 0 unspecified atom stereocenters. The van der Waals surface area contributed by atoms with E-state index in [2.05, 4.69) is 15.4 Å². The second kappa shape index (κ2) is 7.25. The zero-order valence-electron chi connectivity index (χ0n) is 14.2. The Hall–Kier alpha value is -3.02. The predicted octanol–water partition coefficient (Wildman–Crippen LogP) is 3.52. The summed E-state index contributed by atoms with van der Waals surface area (Å²) in [6.07, 6.45) is 0.829. The van der Waals surface area contributed by atoms with E-state index in [9.17, 15) is 9.18 Å². The first-order valence-corrected chi connectivity index (χ1v) is 8.16. The second-order valence-corrected chi connectivity index (χ2v) is 5.77. The highest BCUT2D eigenvalue weighted by molar-refractivity contribution is 5.91. The summed E-state index contributed by atoms with van der Waals surface area (Å²) < 4.78 is 14.8. The number of benzene rings is 2. The van der Waals surface area contributed by atoms with E-state index in [1.807, 2.05) is 38.1 Å². The number of carbonyl (C=O) groups is 1. The van der Waals surface area contributed by atoms with E-state index in [1.54, 1.807) is 16.8 Å². The molecule has 0 saturated carbocycles. The van der Waals surface area contributed by atoms with Crippen LogP contribution in [0.25, 0.3) is 17.1 Å². The first-order chi connectivity index (χ1) is 12.1. The molecule has 0 bridgehead atoms. The number of nitrogens with zero attached hydrogens (tertiary/aromatic N) is 3. The van der Waals surface area contributed by atoms with Crippen LogP contribution in [0, 0.1) is 12.7 Å². The predicted molar refractivity (Wildman–Crippen MR) is 94.1 cm³/mol. The van der Waals surface area contributed by atoms with E-state index in [0.717, 1.165) is 17.5 Å². The van der Waals surface area contributed by atoms with Gasteiger partial charge in [0.1, 0.15) is 5.82 Å². The number of halogens is 1. The SMILES string of the molecule is CCCNC(=O)c1nc(-c2ccc(C)cc2)n(-c2ccc(F)cc2)n1. The van der Waals surface area contributed by atoms with Gasteiger partial charge in [0.05, 0.1) is 5.69 Å². The van der Waals surface area contributed by atoms with E-state index in [1.165, 1.54) is 12.1 Å². The average molecular weight is 338 g/mol. The molecule has 0 aliphatic heterocycles. The largest absolute Gasteiger partial charge is 0.349 e. The van der Waals surface area contributed by atoms with E-state index in [4.69, 9.17) is 0 Å². The quantitative estimate of drug-likeness (QED) is 0.774. The molecule has 0 fully saturated rings. The molecule has 2 aromatic carbocycles. The third-order valence-electron chi connectivity index (χ3n) is 3.73. The van der Waals surface area contributed by atoms with Crippen molar-refractivity contribution in [3.05, 3.63) is 65.7 Å². The third kappa shape index (κ3) is 3.74. The van der Waals surface area contributed by atoms with Crippen molar-refractivity contribution in [2.24, 2.45) is 0 Å². The molecule has 128 valence electrons. The minimum Gasteiger partial charge on any atom is -0.349 e. The molecule has 0 aliphatic carbocycles. The molecular formula is C19H19FN4O. The summed E-state index contributed by atoms with van der Waals surface area (Å²) in [5.74, 6) is -0.0284. The molecule has 1 amide bonds. The number of rotatable bonds is 5. The van der Waals surface area contributed by atoms with Crippen molar-refractivity contribution in [1.82, 2.24) is 20.1 Å². The van der Waals surface area contributed by atoms with Crippen LogP contribution in [0.15, 0.2) is 48.5 Å². The standard InChI is InChI=1S/C19H19FN4O/c1-3-12-21-19(25)17-22-18(14-6-4-13(2)5-7-14)24(23-17)16-10-8-15(20)9-11-16/h4-11H,3,12H2,1-2H3,(H,21,25). The molecule has 0 radical (unpaired) electrons. The van der Waals surface area contributed by atoms with Crippen LogP contribution in [-0.4, -0.2) is 27.2 Å². The Balaban J connectivity index is 2.07. The summed E-state index contributed by atoms with van der Waals surface area (Å²) in [6, 6.07) is 13.7. The van der Waals surface area contributed by atoms with Crippen LogP contribution in [0.1, 0.15) is 29.5 Å². The van der Waals surface area contributed by atoms with Gasteiger partial charge in [-0.15, -0.1) is 5.10 Å². The zero-order valence-corrected chi connectivity index (χ0v) is 14.2. The summed E-state index contributed by atoms with van der Waals surface area (Å²) in [4.78, 5) is 16.6. The van der Waals surface area contributed by atoms with Crippen LogP contribution in [0.5, 0.6) is 0 Å². The van der Waals surface area contributed by atoms with Gasteiger partial charge in [0.2, 0.25) is 5.82 Å². The van der Waals surface area contributed by atoms with Gasteiger partial charge in [0.25, 0.3) is 5.91 Å². The van der Waals surface area contributed by atoms with Gasteiger partial charge >= 0.3 is 0 Å². The summed E-state index contributed by atoms with van der Waals surface area (Å²) in [6.45, 7) is 4.53. The molecule has 3 aromatic rings. The van der Waals surface area contributed by atoms with Crippen LogP contribution in [0.4, 0.5) is 4.39 Å². The van der Waals surface area contributed by atoms with Crippen molar-refractivity contribution in [2.45, 2.75) is 20.3 Å². The maximum absolute atomic E-state index is 13.2. The van der Waals surface area contributed by atoms with Crippen LogP contribution in [-0.2, 0) is 0 Å². The summed E-state index contributed by atoms with van der Waals surface area (Å²) >= 11 is 0. The highest BCUT2D eigenvalue weighted by Gasteiger charge is 2.18. The lowest BCUT2D eigenvalue weighted by molar-refractivity contribution is 0.0943. The van der Waals surface area contributed by atoms with Crippen LogP contribution in [0.2, 0.25) is 0 Å². The van der Waals surface area contributed by atoms with Crippen molar-refractivity contribution >= 4 is 5.91 Å². The Bertz CT molecular complexity index is 806. The molecule has 1 N–H and O–H groups in total. The summed E-state index contributed by atoms with van der Waals surface area (Å²) in [5, 5.41) is 7.11. The van der Waals surface area contributed by atoms with Gasteiger partial charge in [-0.1, -0.05) is 36.8 Å². The summed E-state index contributed by atoms with van der Waals surface area (Å²) in [5.41, 5.74) is 2.59. The van der Waals surface area contributed by atoms with Crippen molar-refractivity contribution in [1.29, 1.82) is 0 Å². The lowest BCUT2D eigenvalue weighted by atomic mass is 10.1. The number of aromatic nitrogens is 3. The molecular weight excluding hydrogens is 319 g/mol. The first kappa shape index (κ1) is 16.8. The second-order valence-electron chi connectivity index (χ2n) is 5.77. The van der Waals surface area contributed by atoms with Crippen molar-refractivity contribution in [3.63, 3.8) is 0 Å². The van der Waals surface area contributed by atoms with E-state index in [-0.39, 0.29) is 17.5 Å². The maximum Gasteiger partial charge on any atom is 0.290 e. The van der Waals surface area contributed by atoms with Gasteiger partial charge in [0.15, 0.2) is 5.82 Å². The normalized spacial score (nSPS) is 10.7. The fourth-order valence-electron chi connectivity index (χ4n) is 2.38. The molecule has 0 atom stereocenters. The lowest BCUT2D eigenvalue weighted by Crippen LogP contribution is -2.25. The van der Waals surface area contributed by atoms with E-state index < -0.39 is 0 Å². The minimum absolute atomic E-state index is 0.0911. The minimum atomic E-state index is -0.332. The fourth-order valence-corrected chi connectivity index (χ4v) is 2.38. The zero-order chi connectivity index (χ0) is 17.8. The first-order valence-electron chi connectivity index (χ1n) is 8.16. The molecule has 6 heteroatoms. The Morgan fingerprint density at radius 3 is 2.44 bits per heavy atom. The van der Waals surface area contributed by atoms with E-state index >= 15 is 0 Å². The van der Waals surface area contributed by atoms with Gasteiger partial charge in [0, 0.05) is 12.1 Å². The summed E-state index contributed by atoms with van der Waals surface area (Å²) in [7, 11) is 0. The van der Waals surface area contributed by atoms with Crippen molar-refractivity contribution in [2.75, 3.05) is 6.54 Å². The Morgan fingerprint density at radius 2 is 1.80 bits per heavy atom. The third-order valence-corrected chi connectivity index (χ3v) is 3.73. The highest BCUT2D eigenvalue weighted by atomic mass is 19.1. The number of amides is 1. The topological polar surface area (TPSA) is 59.8 Å². The molecule has 1 aromatic heterocycles. The van der Waals surface area contributed by atoms with Gasteiger partial charge in [-0.05, 0) is 37.6 Å². The number of hydrogen-bond acceptors (Lipinski definition) is 3. The van der Waals surface area contributed by atoms with Gasteiger partial charge in [-0.3, -0.25) is 4.79 Å². The van der Waals surface area contributed by atoms with Crippen molar-refractivity contribution < 1.29 is 9.18 Å². The van der Waals surface area contributed by atoms with Crippen LogP contribution < -0.4 is 5.32 Å². The Labute approximate surface area is 145 Å². The Kier molecular flexibility index (Phi) is 4.88. The van der Waals surface area contributed by atoms with Gasteiger partial charge in [-0.25, -0.2) is 14.1 Å². The molecule has 1 heterocycles. The lowest BCUT2D eigenvalue weighted by Gasteiger charge is -2.06. The van der Waals surface area contributed by atoms with Crippen LogP contribution in [0.3, 0.4) is 0 Å². The van der Waals surface area contributed by atoms with Gasteiger partial charge < -0.3 is 5.32 Å². The molecule has 0 aliphatic rings. The molecule has 3 rings (SSSR count). The highest BCUT2D eigenvalue weighted by Crippen LogP contribution is 2.22. The smallest absolute Gasteiger partial charge is 0.290 e. The number of hydrogen-bond donors (Lipinski definition) is 1. The number of nitrogens with one attached hydrogen (secondary N) is 1. The van der Waals surface area contributed by atoms with E-state index in [0.29, 0.717) is 18.1 Å². The number of carbonyl (C=O) groups excluding carboxylic acids is 1. The fraction of sp³-hybridized carbons (Fsp3) is 0.211.